The zero-order valence-corrected chi connectivity index (χ0v) is 14.2. The number of carbonyl (C=O) groups is 2. The third-order valence-electron chi connectivity index (χ3n) is 3.62. The highest BCUT2D eigenvalue weighted by Gasteiger charge is 2.23. The van der Waals surface area contributed by atoms with Crippen LogP contribution in [0.4, 0.5) is 0 Å². The molecule has 0 aliphatic rings. The van der Waals surface area contributed by atoms with Gasteiger partial charge in [0.25, 0.3) is 0 Å². The van der Waals surface area contributed by atoms with E-state index in [1.165, 1.54) is 20.3 Å². The maximum absolute atomic E-state index is 12.4. The van der Waals surface area contributed by atoms with Crippen LogP contribution in [0.2, 0.25) is 0 Å². The SMILES string of the molecule is COc1ccc(OC)c(C(=O)O[C@H](C)C(=O)c2ccc(C)cc2)c1. The van der Waals surface area contributed by atoms with Gasteiger partial charge < -0.3 is 14.2 Å². The summed E-state index contributed by atoms with van der Waals surface area (Å²) in [4.78, 5) is 24.8. The van der Waals surface area contributed by atoms with Crippen molar-refractivity contribution in [2.45, 2.75) is 20.0 Å². The van der Waals surface area contributed by atoms with Crippen LogP contribution in [-0.4, -0.2) is 32.1 Å². The molecule has 0 aliphatic carbocycles. The molecule has 2 rings (SSSR count). The zero-order valence-electron chi connectivity index (χ0n) is 14.2. The summed E-state index contributed by atoms with van der Waals surface area (Å²) in [6.45, 7) is 3.49. The van der Waals surface area contributed by atoms with Gasteiger partial charge in [-0.05, 0) is 32.0 Å². The molecule has 0 aliphatic heterocycles. The molecule has 0 N–H and O–H groups in total. The fraction of sp³-hybridized carbons (Fsp3) is 0.263. The summed E-state index contributed by atoms with van der Waals surface area (Å²) in [5, 5.41) is 0. The van der Waals surface area contributed by atoms with Crippen LogP contribution in [0.15, 0.2) is 42.5 Å². The molecule has 0 aromatic heterocycles. The highest BCUT2D eigenvalue weighted by atomic mass is 16.5. The number of hydrogen-bond acceptors (Lipinski definition) is 5. The van der Waals surface area contributed by atoms with Crippen LogP contribution >= 0.6 is 0 Å². The Labute approximate surface area is 141 Å². The van der Waals surface area contributed by atoms with Crippen molar-refractivity contribution in [1.82, 2.24) is 0 Å². The lowest BCUT2D eigenvalue weighted by molar-refractivity contribution is 0.0315. The number of benzene rings is 2. The van der Waals surface area contributed by atoms with Gasteiger partial charge in [0, 0.05) is 5.56 Å². The predicted molar refractivity (Wildman–Crippen MR) is 89.9 cm³/mol. The highest BCUT2D eigenvalue weighted by molar-refractivity contribution is 6.02. The molecule has 0 saturated heterocycles. The molecule has 126 valence electrons. The van der Waals surface area contributed by atoms with Crippen LogP contribution in [0, 0.1) is 6.92 Å². The first-order valence-electron chi connectivity index (χ1n) is 7.50. The molecule has 0 fully saturated rings. The summed E-state index contributed by atoms with van der Waals surface area (Å²) in [5.41, 5.74) is 1.76. The first kappa shape index (κ1) is 17.5. The number of ketones is 1. The second-order valence-electron chi connectivity index (χ2n) is 5.34. The van der Waals surface area contributed by atoms with E-state index in [0.717, 1.165) is 5.56 Å². The van der Waals surface area contributed by atoms with Gasteiger partial charge in [-0.3, -0.25) is 4.79 Å². The quantitative estimate of drug-likeness (QED) is 0.600. The number of carbonyl (C=O) groups excluding carboxylic acids is 2. The monoisotopic (exact) mass is 328 g/mol. The summed E-state index contributed by atoms with van der Waals surface area (Å²) in [6, 6.07) is 11.9. The number of rotatable bonds is 6. The van der Waals surface area contributed by atoms with Crippen molar-refractivity contribution in [1.29, 1.82) is 0 Å². The maximum Gasteiger partial charge on any atom is 0.342 e. The number of ether oxygens (including phenoxy) is 3. The summed E-state index contributed by atoms with van der Waals surface area (Å²) in [7, 11) is 2.96. The Kier molecular flexibility index (Phi) is 5.58. The zero-order chi connectivity index (χ0) is 17.7. The lowest BCUT2D eigenvalue weighted by Gasteiger charge is -2.14. The van der Waals surface area contributed by atoms with Gasteiger partial charge in [-0.2, -0.15) is 0 Å². The van der Waals surface area contributed by atoms with Crippen LogP contribution in [0.25, 0.3) is 0 Å². The van der Waals surface area contributed by atoms with Crippen LogP contribution in [0.3, 0.4) is 0 Å². The van der Waals surface area contributed by atoms with E-state index in [1.807, 2.05) is 19.1 Å². The van der Waals surface area contributed by atoms with Gasteiger partial charge in [-0.1, -0.05) is 29.8 Å². The van der Waals surface area contributed by atoms with Crippen molar-refractivity contribution in [2.24, 2.45) is 0 Å². The minimum absolute atomic E-state index is 0.209. The van der Waals surface area contributed by atoms with Gasteiger partial charge in [0.15, 0.2) is 6.10 Å². The number of methoxy groups -OCH3 is 2. The third kappa shape index (κ3) is 3.93. The van der Waals surface area contributed by atoms with Crippen LogP contribution in [0.1, 0.15) is 33.2 Å². The molecule has 0 bridgehead atoms. The molecular weight excluding hydrogens is 308 g/mol. The second-order valence-corrected chi connectivity index (χ2v) is 5.34. The van der Waals surface area contributed by atoms with Crippen LogP contribution in [-0.2, 0) is 4.74 Å². The molecule has 24 heavy (non-hydrogen) atoms. The smallest absolute Gasteiger partial charge is 0.342 e. The molecule has 0 spiro atoms. The fourth-order valence-electron chi connectivity index (χ4n) is 2.20. The largest absolute Gasteiger partial charge is 0.497 e. The van der Waals surface area contributed by atoms with Crippen molar-refractivity contribution in [3.63, 3.8) is 0 Å². The maximum atomic E-state index is 12.4. The molecule has 0 heterocycles. The number of Topliss-reactive ketones (excluding diaryl/α,β-unsaturated/α-hetero) is 1. The fourth-order valence-corrected chi connectivity index (χ4v) is 2.20. The van der Waals surface area contributed by atoms with E-state index in [1.54, 1.807) is 31.2 Å². The molecule has 0 unspecified atom stereocenters. The number of esters is 1. The molecule has 0 amide bonds. The van der Waals surface area contributed by atoms with E-state index in [2.05, 4.69) is 0 Å². The molecule has 2 aromatic carbocycles. The van der Waals surface area contributed by atoms with Gasteiger partial charge >= 0.3 is 5.97 Å². The first-order chi connectivity index (χ1) is 11.5. The van der Waals surface area contributed by atoms with Gasteiger partial charge in [-0.25, -0.2) is 4.79 Å². The second kappa shape index (κ2) is 7.64. The first-order valence-corrected chi connectivity index (χ1v) is 7.50. The summed E-state index contributed by atoms with van der Waals surface area (Å²) >= 11 is 0. The van der Waals surface area contributed by atoms with E-state index in [4.69, 9.17) is 14.2 Å². The lowest BCUT2D eigenvalue weighted by Crippen LogP contribution is -2.24. The van der Waals surface area contributed by atoms with E-state index in [0.29, 0.717) is 17.1 Å². The number of hydrogen-bond donors (Lipinski definition) is 0. The van der Waals surface area contributed by atoms with Gasteiger partial charge in [0.05, 0.1) is 14.2 Å². The van der Waals surface area contributed by atoms with Crippen molar-refractivity contribution >= 4 is 11.8 Å². The molecular formula is C19H20O5. The van der Waals surface area contributed by atoms with Gasteiger partial charge in [0.2, 0.25) is 5.78 Å². The Morgan fingerprint density at radius 3 is 2.21 bits per heavy atom. The Balaban J connectivity index is 2.16. The predicted octanol–water partition coefficient (Wildman–Crippen LogP) is 3.44. The standard InChI is InChI=1S/C19H20O5/c1-12-5-7-14(8-6-12)18(20)13(2)24-19(21)16-11-15(22-3)9-10-17(16)23-4/h5-11,13H,1-4H3/t13-/m1/s1. The van der Waals surface area contributed by atoms with E-state index in [-0.39, 0.29) is 11.3 Å². The molecule has 0 saturated carbocycles. The van der Waals surface area contributed by atoms with Gasteiger partial charge in [-0.15, -0.1) is 0 Å². The van der Waals surface area contributed by atoms with Crippen LogP contribution in [0.5, 0.6) is 11.5 Å². The minimum Gasteiger partial charge on any atom is -0.497 e. The van der Waals surface area contributed by atoms with E-state index < -0.39 is 12.1 Å². The molecule has 2 aromatic rings. The summed E-state index contributed by atoms with van der Waals surface area (Å²) in [6.07, 6.45) is -0.906. The Hall–Kier alpha value is -2.82. The Bertz CT molecular complexity index is 734. The number of aryl methyl sites for hydroxylation is 1. The van der Waals surface area contributed by atoms with Crippen molar-refractivity contribution in [3.05, 3.63) is 59.2 Å². The highest BCUT2D eigenvalue weighted by Crippen LogP contribution is 2.25. The average molecular weight is 328 g/mol. The topological polar surface area (TPSA) is 61.8 Å². The van der Waals surface area contributed by atoms with Crippen LogP contribution < -0.4 is 9.47 Å². The Morgan fingerprint density at radius 2 is 1.62 bits per heavy atom. The van der Waals surface area contributed by atoms with Gasteiger partial charge in [0.1, 0.15) is 17.1 Å². The normalized spacial score (nSPS) is 11.5. The third-order valence-corrected chi connectivity index (χ3v) is 3.62. The van der Waals surface area contributed by atoms with E-state index >= 15 is 0 Å². The van der Waals surface area contributed by atoms with E-state index in [9.17, 15) is 9.59 Å². The van der Waals surface area contributed by atoms with Crippen molar-refractivity contribution in [2.75, 3.05) is 14.2 Å². The molecule has 5 nitrogen and oxygen atoms in total. The summed E-state index contributed by atoms with van der Waals surface area (Å²) in [5.74, 6) is -0.0417. The average Bonchev–Trinajstić information content (AvgIpc) is 2.60. The lowest BCUT2D eigenvalue weighted by atomic mass is 10.1. The molecule has 0 radical (unpaired) electrons. The molecule has 1 atom stereocenters. The van der Waals surface area contributed by atoms with Crippen molar-refractivity contribution < 1.29 is 23.8 Å². The summed E-state index contributed by atoms with van der Waals surface area (Å²) < 4.78 is 15.6. The Morgan fingerprint density at radius 1 is 0.958 bits per heavy atom. The molecule has 5 heteroatoms. The van der Waals surface area contributed by atoms with Crippen molar-refractivity contribution in [3.8, 4) is 11.5 Å². The minimum atomic E-state index is -0.906.